The summed E-state index contributed by atoms with van der Waals surface area (Å²) in [6.07, 6.45) is 3.72. The van der Waals surface area contributed by atoms with Gasteiger partial charge in [0.15, 0.2) is 0 Å². The number of hydrogen-bond acceptors (Lipinski definition) is 2. The van der Waals surface area contributed by atoms with Crippen molar-refractivity contribution >= 4 is 11.6 Å². The molecule has 3 heteroatoms. The monoisotopic (exact) mass is 178 g/mol. The minimum atomic E-state index is -0.301. The molecule has 0 aliphatic heterocycles. The minimum Gasteiger partial charge on any atom is -0.390 e. The molecule has 0 spiro atoms. The number of halogens is 1. The van der Waals surface area contributed by atoms with Gasteiger partial charge in [-0.2, -0.15) is 0 Å². The van der Waals surface area contributed by atoms with Crippen LogP contribution in [0.3, 0.4) is 0 Å². The Balaban J connectivity index is 2.29. The summed E-state index contributed by atoms with van der Waals surface area (Å²) in [5, 5.41) is 9.43. The zero-order valence-electron chi connectivity index (χ0n) is 6.79. The maximum atomic E-state index is 9.43. The van der Waals surface area contributed by atoms with Crippen LogP contribution in [0.4, 0.5) is 0 Å². The molecule has 0 radical (unpaired) electrons. The summed E-state index contributed by atoms with van der Waals surface area (Å²) in [6.45, 7) is 1.78. The van der Waals surface area contributed by atoms with E-state index in [1.165, 1.54) is 0 Å². The van der Waals surface area contributed by atoms with E-state index >= 15 is 0 Å². The molecule has 2 nitrogen and oxygen atoms in total. The molecule has 0 saturated heterocycles. The predicted octanol–water partition coefficient (Wildman–Crippen LogP) is 1.89. The number of rotatable bonds is 2. The average molecular weight is 179 g/mol. The summed E-state index contributed by atoms with van der Waals surface area (Å²) in [4.78, 5) is 0. The zero-order chi connectivity index (χ0) is 8.27. The van der Waals surface area contributed by atoms with Gasteiger partial charge >= 0.3 is 0 Å². The zero-order valence-corrected chi connectivity index (χ0v) is 7.55. The topological polar surface area (TPSA) is 29.5 Å². The van der Waals surface area contributed by atoms with Gasteiger partial charge in [-0.25, -0.2) is 0 Å². The van der Waals surface area contributed by atoms with Crippen LogP contribution in [0.5, 0.6) is 0 Å². The Bertz CT molecular complexity index is 117. The van der Waals surface area contributed by atoms with E-state index in [-0.39, 0.29) is 17.8 Å². The lowest BCUT2D eigenvalue weighted by atomic mass is 9.95. The van der Waals surface area contributed by atoms with Crippen LogP contribution >= 0.6 is 11.6 Å². The van der Waals surface area contributed by atoms with Gasteiger partial charge in [0.05, 0.1) is 12.2 Å². The lowest BCUT2D eigenvalue weighted by molar-refractivity contribution is -0.0660. The van der Waals surface area contributed by atoms with Crippen LogP contribution in [0.1, 0.15) is 32.6 Å². The van der Waals surface area contributed by atoms with E-state index in [0.717, 1.165) is 25.7 Å². The van der Waals surface area contributed by atoms with Gasteiger partial charge in [-0.15, -0.1) is 0 Å². The highest BCUT2D eigenvalue weighted by Gasteiger charge is 2.24. The van der Waals surface area contributed by atoms with Crippen LogP contribution in [0.15, 0.2) is 0 Å². The summed E-state index contributed by atoms with van der Waals surface area (Å²) < 4.78 is 5.32. The lowest BCUT2D eigenvalue weighted by Crippen LogP contribution is -2.33. The number of alkyl halides is 1. The second kappa shape index (κ2) is 4.29. The Morgan fingerprint density at radius 2 is 2.09 bits per heavy atom. The van der Waals surface area contributed by atoms with Crippen LogP contribution in [0.2, 0.25) is 0 Å². The van der Waals surface area contributed by atoms with Gasteiger partial charge in [-0.05, 0) is 19.8 Å². The second-order valence-corrected chi connectivity index (χ2v) is 3.68. The lowest BCUT2D eigenvalue weighted by Gasteiger charge is -2.28. The highest BCUT2D eigenvalue weighted by Crippen LogP contribution is 2.22. The summed E-state index contributed by atoms with van der Waals surface area (Å²) in [7, 11) is 0. The van der Waals surface area contributed by atoms with Gasteiger partial charge in [0.2, 0.25) is 0 Å². The molecule has 1 fully saturated rings. The van der Waals surface area contributed by atoms with Crippen LogP contribution in [-0.2, 0) is 4.74 Å². The molecule has 0 heterocycles. The van der Waals surface area contributed by atoms with Crippen molar-refractivity contribution in [2.24, 2.45) is 0 Å². The minimum absolute atomic E-state index is 0.0313. The second-order valence-electron chi connectivity index (χ2n) is 3.07. The third kappa shape index (κ3) is 2.97. The Kier molecular flexibility index (Phi) is 3.63. The highest BCUT2D eigenvalue weighted by atomic mass is 35.5. The van der Waals surface area contributed by atoms with Crippen LogP contribution in [-0.4, -0.2) is 22.9 Å². The largest absolute Gasteiger partial charge is 0.390 e. The molecular formula is C8H15ClO2. The van der Waals surface area contributed by atoms with E-state index in [9.17, 15) is 5.11 Å². The molecule has 1 aliphatic rings. The fourth-order valence-electron chi connectivity index (χ4n) is 1.48. The standard InChI is InChI=1S/C8H15ClO2/c1-6(9)11-8-5-3-2-4-7(8)10/h6-8,10H,2-5H2,1H3. The molecule has 0 bridgehead atoms. The Labute approximate surface area is 72.5 Å². The third-order valence-corrected chi connectivity index (χ3v) is 2.13. The molecule has 0 amide bonds. The molecule has 0 aromatic rings. The first-order valence-corrected chi connectivity index (χ1v) is 4.61. The number of aliphatic hydroxyl groups excluding tert-OH is 1. The van der Waals surface area contributed by atoms with E-state index < -0.39 is 0 Å². The van der Waals surface area contributed by atoms with Crippen molar-refractivity contribution in [2.45, 2.75) is 50.4 Å². The van der Waals surface area contributed by atoms with Crippen LogP contribution < -0.4 is 0 Å². The van der Waals surface area contributed by atoms with Crippen molar-refractivity contribution in [3.63, 3.8) is 0 Å². The first-order valence-electron chi connectivity index (χ1n) is 4.18. The summed E-state index contributed by atoms with van der Waals surface area (Å²) in [6, 6.07) is 0. The fraction of sp³-hybridized carbons (Fsp3) is 1.00. The smallest absolute Gasteiger partial charge is 0.128 e. The SMILES string of the molecule is CC(Cl)OC1CCCCC1O. The summed E-state index contributed by atoms with van der Waals surface area (Å²) in [5.74, 6) is 0. The van der Waals surface area contributed by atoms with Crippen molar-refractivity contribution in [1.82, 2.24) is 0 Å². The molecular weight excluding hydrogens is 164 g/mol. The van der Waals surface area contributed by atoms with Crippen molar-refractivity contribution < 1.29 is 9.84 Å². The van der Waals surface area contributed by atoms with Gasteiger partial charge in [0.1, 0.15) is 5.56 Å². The fourth-order valence-corrected chi connectivity index (χ4v) is 1.61. The Morgan fingerprint density at radius 1 is 1.45 bits per heavy atom. The predicted molar refractivity (Wildman–Crippen MR) is 44.7 cm³/mol. The normalized spacial score (nSPS) is 35.2. The number of aliphatic hydroxyl groups is 1. The maximum Gasteiger partial charge on any atom is 0.128 e. The van der Waals surface area contributed by atoms with E-state index in [0.29, 0.717) is 0 Å². The molecule has 1 aliphatic carbocycles. The van der Waals surface area contributed by atoms with Gasteiger partial charge in [-0.3, -0.25) is 0 Å². The van der Waals surface area contributed by atoms with E-state index in [1.54, 1.807) is 6.92 Å². The average Bonchev–Trinajstić information content (AvgIpc) is 1.93. The van der Waals surface area contributed by atoms with Crippen molar-refractivity contribution in [1.29, 1.82) is 0 Å². The molecule has 3 unspecified atom stereocenters. The molecule has 1 rings (SSSR count). The van der Waals surface area contributed by atoms with Crippen molar-refractivity contribution in [2.75, 3.05) is 0 Å². The summed E-state index contributed by atoms with van der Waals surface area (Å²) >= 11 is 5.64. The van der Waals surface area contributed by atoms with Gasteiger partial charge in [0, 0.05) is 0 Å². The van der Waals surface area contributed by atoms with Crippen LogP contribution in [0, 0.1) is 0 Å². The summed E-state index contributed by atoms with van der Waals surface area (Å²) in [5.41, 5.74) is -0.284. The van der Waals surface area contributed by atoms with E-state index in [1.807, 2.05) is 0 Å². The molecule has 0 aromatic heterocycles. The van der Waals surface area contributed by atoms with Gasteiger partial charge < -0.3 is 9.84 Å². The quantitative estimate of drug-likeness (QED) is 0.655. The maximum absolute atomic E-state index is 9.43. The molecule has 66 valence electrons. The molecule has 1 saturated carbocycles. The third-order valence-electron chi connectivity index (χ3n) is 2.03. The molecule has 11 heavy (non-hydrogen) atoms. The first kappa shape index (κ1) is 9.30. The number of hydrogen-bond donors (Lipinski definition) is 1. The van der Waals surface area contributed by atoms with Gasteiger partial charge in [0.25, 0.3) is 0 Å². The molecule has 3 atom stereocenters. The number of ether oxygens (including phenoxy) is 1. The van der Waals surface area contributed by atoms with E-state index in [2.05, 4.69) is 0 Å². The highest BCUT2D eigenvalue weighted by molar-refractivity contribution is 6.19. The molecule has 0 aromatic carbocycles. The van der Waals surface area contributed by atoms with Crippen LogP contribution in [0.25, 0.3) is 0 Å². The first-order chi connectivity index (χ1) is 5.20. The molecule has 1 N–H and O–H groups in total. The Morgan fingerprint density at radius 3 is 2.64 bits per heavy atom. The van der Waals surface area contributed by atoms with Crippen molar-refractivity contribution in [3.05, 3.63) is 0 Å². The van der Waals surface area contributed by atoms with Crippen molar-refractivity contribution in [3.8, 4) is 0 Å². The van der Waals surface area contributed by atoms with E-state index in [4.69, 9.17) is 16.3 Å². The van der Waals surface area contributed by atoms with Gasteiger partial charge in [-0.1, -0.05) is 24.4 Å². The Hall–Kier alpha value is 0.210.